The van der Waals surface area contributed by atoms with E-state index in [-0.39, 0.29) is 12.5 Å². The standard InChI is InChI=1S/C18H23N2O7P/c1-18(2)17(25-8-9-26-28(22,23)24)16(20-7-3-4-15(20)21)13-10-12(11-19)5-6-14(13)27-18/h5-6,10,16-17H,3-4,7-9H2,1-2H3,(H2,22,23,24)/p-2/t16-,17+/m1/s1. The minimum atomic E-state index is -5.09. The molecule has 0 unspecified atom stereocenters. The maximum Gasteiger partial charge on any atom is 0.223 e. The first-order valence-electron chi connectivity index (χ1n) is 8.93. The first-order valence-corrected chi connectivity index (χ1v) is 10.4. The maximum absolute atomic E-state index is 12.5. The molecule has 3 rings (SSSR count). The third kappa shape index (κ3) is 4.37. The van der Waals surface area contributed by atoms with E-state index in [0.29, 0.717) is 29.8 Å². The summed E-state index contributed by atoms with van der Waals surface area (Å²) >= 11 is 0. The number of ether oxygens (including phenoxy) is 2. The summed E-state index contributed by atoms with van der Waals surface area (Å²) in [6.45, 7) is 3.56. The summed E-state index contributed by atoms with van der Waals surface area (Å²) in [6.07, 6.45) is 0.489. The Morgan fingerprint density at radius 1 is 1.39 bits per heavy atom. The number of nitriles is 1. The Kier molecular flexibility index (Phi) is 5.80. The number of nitrogens with zero attached hydrogens (tertiary/aromatic N) is 2. The lowest BCUT2D eigenvalue weighted by Crippen LogP contribution is -2.55. The van der Waals surface area contributed by atoms with Crippen LogP contribution < -0.4 is 14.5 Å². The molecule has 0 aromatic heterocycles. The first kappa shape index (κ1) is 20.8. The van der Waals surface area contributed by atoms with Gasteiger partial charge in [-0.15, -0.1) is 0 Å². The molecule has 1 amide bonds. The fourth-order valence-corrected chi connectivity index (χ4v) is 4.04. The van der Waals surface area contributed by atoms with Crippen molar-refractivity contribution in [1.82, 2.24) is 4.90 Å². The summed E-state index contributed by atoms with van der Waals surface area (Å²) in [7, 11) is -5.09. The van der Waals surface area contributed by atoms with Crippen LogP contribution in [0.25, 0.3) is 0 Å². The molecule has 10 heteroatoms. The van der Waals surface area contributed by atoms with Gasteiger partial charge in [-0.25, -0.2) is 0 Å². The topological polar surface area (TPSA) is 135 Å². The number of phosphoric acid groups is 1. The van der Waals surface area contributed by atoms with Crippen LogP contribution in [0.4, 0.5) is 0 Å². The Hall–Kier alpha value is -1.95. The van der Waals surface area contributed by atoms with Gasteiger partial charge in [-0.05, 0) is 38.5 Å². The Bertz CT molecular complexity index is 845. The summed E-state index contributed by atoms with van der Waals surface area (Å²) < 4.78 is 26.8. The highest BCUT2D eigenvalue weighted by molar-refractivity contribution is 7.43. The van der Waals surface area contributed by atoms with Crippen LogP contribution in [-0.4, -0.2) is 42.3 Å². The van der Waals surface area contributed by atoms with Gasteiger partial charge in [-0.2, -0.15) is 5.26 Å². The van der Waals surface area contributed by atoms with Crippen molar-refractivity contribution in [2.45, 2.75) is 44.4 Å². The first-order chi connectivity index (χ1) is 13.1. The van der Waals surface area contributed by atoms with Crippen molar-refractivity contribution in [3.05, 3.63) is 29.3 Å². The summed E-state index contributed by atoms with van der Waals surface area (Å²) in [4.78, 5) is 35.5. The molecule has 1 aromatic rings. The van der Waals surface area contributed by atoms with Crippen LogP contribution in [0.3, 0.4) is 0 Å². The molecule has 0 radical (unpaired) electrons. The highest BCUT2D eigenvalue weighted by Gasteiger charge is 2.49. The minimum absolute atomic E-state index is 0.0236. The van der Waals surface area contributed by atoms with Crippen LogP contribution in [0.5, 0.6) is 5.75 Å². The van der Waals surface area contributed by atoms with Crippen molar-refractivity contribution in [3.63, 3.8) is 0 Å². The Labute approximate surface area is 163 Å². The zero-order valence-electron chi connectivity index (χ0n) is 15.6. The van der Waals surface area contributed by atoms with Crippen molar-refractivity contribution in [2.75, 3.05) is 19.8 Å². The molecule has 1 aromatic carbocycles. The van der Waals surface area contributed by atoms with Gasteiger partial charge < -0.3 is 33.2 Å². The third-order valence-corrected chi connectivity index (χ3v) is 5.38. The second-order valence-corrected chi connectivity index (χ2v) is 8.43. The van der Waals surface area contributed by atoms with E-state index >= 15 is 0 Å². The molecule has 0 aliphatic carbocycles. The maximum atomic E-state index is 12.5. The number of hydrogen-bond donors (Lipinski definition) is 0. The molecule has 28 heavy (non-hydrogen) atoms. The van der Waals surface area contributed by atoms with E-state index in [0.717, 1.165) is 6.42 Å². The molecule has 1 fully saturated rings. The van der Waals surface area contributed by atoms with Crippen molar-refractivity contribution in [2.24, 2.45) is 0 Å². The lowest BCUT2D eigenvalue weighted by Gasteiger charge is -2.47. The van der Waals surface area contributed by atoms with E-state index < -0.39 is 32.2 Å². The second-order valence-electron chi connectivity index (χ2n) is 7.28. The average molecular weight is 408 g/mol. The molecule has 2 atom stereocenters. The quantitative estimate of drug-likeness (QED) is 0.494. The molecule has 152 valence electrons. The van der Waals surface area contributed by atoms with Crippen molar-refractivity contribution >= 4 is 13.7 Å². The van der Waals surface area contributed by atoms with Crippen molar-refractivity contribution in [1.29, 1.82) is 5.26 Å². The fourth-order valence-electron chi connectivity index (χ4n) is 3.74. The van der Waals surface area contributed by atoms with E-state index in [2.05, 4.69) is 10.6 Å². The van der Waals surface area contributed by atoms with Crippen LogP contribution in [0.15, 0.2) is 18.2 Å². The highest BCUT2D eigenvalue weighted by atomic mass is 31.2. The SMILES string of the molecule is CC1(C)Oc2ccc(C#N)cc2[C@@H](N2CCCC2=O)[C@@H]1OCCOP(=O)([O-])[O-]. The molecule has 9 nitrogen and oxygen atoms in total. The Morgan fingerprint density at radius 3 is 2.75 bits per heavy atom. The number of carbonyl (C=O) groups is 1. The summed E-state index contributed by atoms with van der Waals surface area (Å²) in [5.74, 6) is 0.540. The molecule has 2 aliphatic heterocycles. The normalized spacial score (nSPS) is 23.8. The van der Waals surface area contributed by atoms with Gasteiger partial charge in [-0.3, -0.25) is 4.79 Å². The van der Waals surface area contributed by atoms with Gasteiger partial charge in [0.2, 0.25) is 5.91 Å². The van der Waals surface area contributed by atoms with Crippen LogP contribution in [0.1, 0.15) is 43.9 Å². The zero-order valence-corrected chi connectivity index (χ0v) is 16.5. The average Bonchev–Trinajstić information content (AvgIpc) is 3.02. The van der Waals surface area contributed by atoms with Crippen LogP contribution in [-0.2, 0) is 18.6 Å². The number of fused-ring (bicyclic) bond motifs is 1. The van der Waals surface area contributed by atoms with Crippen molar-refractivity contribution in [3.8, 4) is 11.8 Å². The van der Waals surface area contributed by atoms with E-state index in [9.17, 15) is 24.4 Å². The van der Waals surface area contributed by atoms with E-state index in [4.69, 9.17) is 9.47 Å². The number of carbonyl (C=O) groups excluding carboxylic acids is 1. The van der Waals surface area contributed by atoms with Crippen LogP contribution in [0, 0.1) is 11.3 Å². The van der Waals surface area contributed by atoms with Crippen molar-refractivity contribution < 1.29 is 33.1 Å². The van der Waals surface area contributed by atoms with Gasteiger partial charge in [0.1, 0.15) is 17.5 Å². The van der Waals surface area contributed by atoms with Crippen LogP contribution in [0.2, 0.25) is 0 Å². The predicted molar refractivity (Wildman–Crippen MR) is 92.9 cm³/mol. The molecule has 0 spiro atoms. The molecule has 2 aliphatic rings. The van der Waals surface area contributed by atoms with Gasteiger partial charge in [0.15, 0.2) is 0 Å². The third-order valence-electron chi connectivity index (χ3n) is 4.88. The van der Waals surface area contributed by atoms with Gasteiger partial charge in [0, 0.05) is 18.5 Å². The van der Waals surface area contributed by atoms with Gasteiger partial charge in [-0.1, -0.05) is 0 Å². The molecule has 1 saturated heterocycles. The molecule has 0 bridgehead atoms. The van der Waals surface area contributed by atoms with E-state index in [1.54, 1.807) is 36.9 Å². The number of hydrogen-bond acceptors (Lipinski definition) is 8. The number of rotatable bonds is 6. The van der Waals surface area contributed by atoms with Crippen LogP contribution >= 0.6 is 7.82 Å². The summed E-state index contributed by atoms with van der Waals surface area (Å²) in [5, 5.41) is 9.26. The summed E-state index contributed by atoms with van der Waals surface area (Å²) in [5.41, 5.74) is 0.241. The number of benzene rings is 1. The predicted octanol–water partition coefficient (Wildman–Crippen LogP) is 0.623. The Balaban J connectivity index is 1.93. The monoisotopic (exact) mass is 408 g/mol. The van der Waals surface area contributed by atoms with Gasteiger partial charge >= 0.3 is 0 Å². The van der Waals surface area contributed by atoms with E-state index in [1.165, 1.54) is 0 Å². The highest BCUT2D eigenvalue weighted by Crippen LogP contribution is 2.45. The number of phosphoric ester groups is 1. The largest absolute Gasteiger partial charge is 0.790 e. The summed E-state index contributed by atoms with van der Waals surface area (Å²) in [6, 6.07) is 6.60. The lowest BCUT2D eigenvalue weighted by atomic mass is 9.84. The fraction of sp³-hybridized carbons (Fsp3) is 0.556. The zero-order chi connectivity index (χ0) is 20.5. The molecule has 0 N–H and O–H groups in total. The number of amides is 1. The van der Waals surface area contributed by atoms with E-state index in [1.807, 2.05) is 0 Å². The number of likely N-dealkylation sites (tertiary alicyclic amines) is 1. The molecule has 0 saturated carbocycles. The van der Waals surface area contributed by atoms with Gasteiger partial charge in [0.05, 0.1) is 38.7 Å². The Morgan fingerprint density at radius 2 is 2.14 bits per heavy atom. The second kappa shape index (κ2) is 7.82. The molecular weight excluding hydrogens is 387 g/mol. The molecule has 2 heterocycles. The molecular formula is C18H21N2O7P-2. The lowest BCUT2D eigenvalue weighted by molar-refractivity contribution is -0.342. The minimum Gasteiger partial charge on any atom is -0.790 e. The smallest absolute Gasteiger partial charge is 0.223 e. The van der Waals surface area contributed by atoms with Gasteiger partial charge in [0.25, 0.3) is 0 Å².